The number of alkyl halides is 3. The zero-order valence-electron chi connectivity index (χ0n) is 14.8. The summed E-state index contributed by atoms with van der Waals surface area (Å²) in [5.41, 5.74) is -1.64. The molecule has 3 aromatic rings. The van der Waals surface area contributed by atoms with E-state index in [0.29, 0.717) is 13.0 Å². The summed E-state index contributed by atoms with van der Waals surface area (Å²) in [7, 11) is 0. The minimum Gasteiger partial charge on any atom is -0.352 e. The van der Waals surface area contributed by atoms with Crippen molar-refractivity contribution < 1.29 is 18.0 Å². The van der Waals surface area contributed by atoms with Gasteiger partial charge >= 0.3 is 5.51 Å². The van der Waals surface area contributed by atoms with Crippen LogP contribution in [0.2, 0.25) is 0 Å². The summed E-state index contributed by atoms with van der Waals surface area (Å²) in [5, 5.41) is 5.30. The topological polar surface area (TPSA) is 54.9 Å². The van der Waals surface area contributed by atoms with Crippen LogP contribution in [0.3, 0.4) is 0 Å². The molecule has 1 aromatic carbocycles. The van der Waals surface area contributed by atoms with Crippen molar-refractivity contribution in [2.45, 2.75) is 23.9 Å². The van der Waals surface area contributed by atoms with E-state index in [2.05, 4.69) is 15.3 Å². The first kappa shape index (κ1) is 20.3. The molecule has 0 saturated carbocycles. The van der Waals surface area contributed by atoms with Gasteiger partial charge < -0.3 is 5.32 Å². The Balaban J connectivity index is 1.57. The van der Waals surface area contributed by atoms with Gasteiger partial charge in [-0.1, -0.05) is 24.3 Å². The molecule has 1 amide bonds. The number of pyridine rings is 1. The largest absolute Gasteiger partial charge is 0.447 e. The number of halogens is 3. The Hall–Kier alpha value is -2.39. The zero-order chi connectivity index (χ0) is 20.1. The van der Waals surface area contributed by atoms with Crippen molar-refractivity contribution in [3.63, 3.8) is 0 Å². The van der Waals surface area contributed by atoms with E-state index in [1.807, 2.05) is 36.6 Å². The number of carbonyl (C=O) groups excluding carboxylic acids is 1. The molecule has 2 aromatic heterocycles. The number of carbonyl (C=O) groups is 1. The minimum atomic E-state index is -4.50. The third kappa shape index (κ3) is 5.56. The summed E-state index contributed by atoms with van der Waals surface area (Å²) in [6.45, 7) is 2.26. The summed E-state index contributed by atoms with van der Waals surface area (Å²) in [5.74, 6) is -0.575. The van der Waals surface area contributed by atoms with Crippen LogP contribution in [0.5, 0.6) is 0 Å². The van der Waals surface area contributed by atoms with Crippen LogP contribution in [-0.4, -0.2) is 27.9 Å². The fourth-order valence-corrected chi connectivity index (χ4v) is 3.73. The fourth-order valence-electron chi connectivity index (χ4n) is 2.51. The second-order valence-corrected chi connectivity index (χ2v) is 7.97. The molecule has 0 radical (unpaired) electrons. The molecule has 0 aliphatic carbocycles. The molecule has 4 nitrogen and oxygen atoms in total. The van der Waals surface area contributed by atoms with Gasteiger partial charge in [-0.05, 0) is 31.0 Å². The van der Waals surface area contributed by atoms with Crippen LogP contribution in [0.4, 0.5) is 13.2 Å². The van der Waals surface area contributed by atoms with Gasteiger partial charge in [-0.25, -0.2) is 9.97 Å². The zero-order valence-corrected chi connectivity index (χ0v) is 16.4. The highest BCUT2D eigenvalue weighted by Gasteiger charge is 2.32. The van der Waals surface area contributed by atoms with Gasteiger partial charge in [-0.2, -0.15) is 13.2 Å². The van der Waals surface area contributed by atoms with Crippen LogP contribution in [0.15, 0.2) is 53.0 Å². The van der Waals surface area contributed by atoms with Crippen LogP contribution in [0.1, 0.15) is 20.9 Å². The van der Waals surface area contributed by atoms with Gasteiger partial charge in [0.25, 0.3) is 5.91 Å². The molecule has 0 unspecified atom stereocenters. The van der Waals surface area contributed by atoms with Gasteiger partial charge in [0.15, 0.2) is 0 Å². The number of hydrogen-bond acceptors (Lipinski definition) is 5. The van der Waals surface area contributed by atoms with Gasteiger partial charge in [0, 0.05) is 35.4 Å². The molecule has 1 N–H and O–H groups in total. The van der Waals surface area contributed by atoms with Crippen LogP contribution in [-0.2, 0) is 6.42 Å². The third-order valence-corrected chi connectivity index (χ3v) is 5.32. The Labute approximate surface area is 168 Å². The van der Waals surface area contributed by atoms with E-state index in [1.165, 1.54) is 18.3 Å². The first-order chi connectivity index (χ1) is 13.3. The molecule has 0 aliphatic rings. The minimum absolute atomic E-state index is 0.0842. The van der Waals surface area contributed by atoms with E-state index < -0.39 is 23.2 Å². The number of hydrogen-bond donors (Lipinski definition) is 1. The molecule has 0 spiro atoms. The highest BCUT2D eigenvalue weighted by atomic mass is 32.2. The fraction of sp³-hybridized carbons (Fsp3) is 0.211. The number of nitrogens with one attached hydrogen (secondary N) is 1. The van der Waals surface area contributed by atoms with Gasteiger partial charge in [0.05, 0.1) is 16.3 Å². The Morgan fingerprint density at radius 2 is 1.96 bits per heavy atom. The van der Waals surface area contributed by atoms with Crippen molar-refractivity contribution in [2.75, 3.05) is 6.54 Å². The van der Waals surface area contributed by atoms with Crippen molar-refractivity contribution >= 4 is 29.0 Å². The molecule has 0 saturated heterocycles. The number of nitrogens with zero attached hydrogens (tertiary/aromatic N) is 2. The van der Waals surface area contributed by atoms with Crippen LogP contribution < -0.4 is 5.32 Å². The molecular weight excluding hydrogens is 407 g/mol. The lowest BCUT2D eigenvalue weighted by atomic mass is 10.1. The predicted molar refractivity (Wildman–Crippen MR) is 104 cm³/mol. The Kier molecular flexibility index (Phi) is 6.35. The van der Waals surface area contributed by atoms with Crippen molar-refractivity contribution in [3.05, 3.63) is 64.1 Å². The summed E-state index contributed by atoms with van der Waals surface area (Å²) >= 11 is 1.20. The molecule has 0 aliphatic heterocycles. The van der Waals surface area contributed by atoms with Crippen LogP contribution in [0, 0.1) is 6.92 Å². The Morgan fingerprint density at radius 3 is 2.61 bits per heavy atom. The summed E-state index contributed by atoms with van der Waals surface area (Å²) in [6.07, 6.45) is 1.79. The van der Waals surface area contributed by atoms with E-state index in [-0.39, 0.29) is 10.6 Å². The summed E-state index contributed by atoms with van der Waals surface area (Å²) in [6, 6.07) is 10.6. The standard InChI is InChI=1S/C19H16F3N3OS2/c1-12-25-16(11-27-12)14-6-4-13(5-7-14)8-10-23-17(26)15-3-2-9-24-18(15)28-19(20,21)22/h2-7,9,11H,8,10H2,1H3,(H,23,26). The highest BCUT2D eigenvalue weighted by molar-refractivity contribution is 8.00. The maximum absolute atomic E-state index is 12.6. The maximum atomic E-state index is 12.6. The van der Waals surface area contributed by atoms with E-state index in [0.717, 1.165) is 21.8 Å². The molecular formula is C19H16F3N3OS2. The van der Waals surface area contributed by atoms with Gasteiger partial charge in [-0.3, -0.25) is 4.79 Å². The number of thiazole rings is 1. The molecule has 0 atom stereocenters. The number of aryl methyl sites for hydroxylation is 1. The number of aromatic nitrogens is 2. The van der Waals surface area contributed by atoms with Gasteiger partial charge in [-0.15, -0.1) is 11.3 Å². The molecule has 3 rings (SSSR count). The smallest absolute Gasteiger partial charge is 0.352 e. The number of rotatable bonds is 6. The van der Waals surface area contributed by atoms with Crippen molar-refractivity contribution in [2.24, 2.45) is 0 Å². The number of thioether (sulfide) groups is 1. The predicted octanol–water partition coefficient (Wildman–Crippen LogP) is 5.10. The Bertz CT molecular complexity index is 956. The quantitative estimate of drug-likeness (QED) is 0.561. The average Bonchev–Trinajstić information content (AvgIpc) is 3.08. The third-order valence-electron chi connectivity index (χ3n) is 3.80. The van der Waals surface area contributed by atoms with Crippen molar-refractivity contribution in [1.29, 1.82) is 0 Å². The highest BCUT2D eigenvalue weighted by Crippen LogP contribution is 2.37. The monoisotopic (exact) mass is 423 g/mol. The summed E-state index contributed by atoms with van der Waals surface area (Å²) < 4.78 is 37.8. The molecule has 28 heavy (non-hydrogen) atoms. The lowest BCUT2D eigenvalue weighted by Crippen LogP contribution is -2.26. The van der Waals surface area contributed by atoms with E-state index in [4.69, 9.17) is 0 Å². The first-order valence-electron chi connectivity index (χ1n) is 8.32. The van der Waals surface area contributed by atoms with E-state index in [9.17, 15) is 18.0 Å². The van der Waals surface area contributed by atoms with Crippen LogP contribution in [0.25, 0.3) is 11.3 Å². The molecule has 0 bridgehead atoms. The van der Waals surface area contributed by atoms with Crippen molar-refractivity contribution in [1.82, 2.24) is 15.3 Å². The lowest BCUT2D eigenvalue weighted by molar-refractivity contribution is -0.0329. The molecule has 0 fully saturated rings. The SMILES string of the molecule is Cc1nc(-c2ccc(CCNC(=O)c3cccnc3SC(F)(F)F)cc2)cs1. The van der Waals surface area contributed by atoms with E-state index >= 15 is 0 Å². The molecule has 2 heterocycles. The first-order valence-corrected chi connectivity index (χ1v) is 10.0. The van der Waals surface area contributed by atoms with Gasteiger partial charge in [0.1, 0.15) is 5.03 Å². The normalized spacial score (nSPS) is 11.4. The Morgan fingerprint density at radius 1 is 1.21 bits per heavy atom. The van der Waals surface area contributed by atoms with Crippen LogP contribution >= 0.6 is 23.1 Å². The van der Waals surface area contributed by atoms with Gasteiger partial charge in [0.2, 0.25) is 0 Å². The van der Waals surface area contributed by atoms with E-state index in [1.54, 1.807) is 11.3 Å². The maximum Gasteiger partial charge on any atom is 0.447 e. The number of benzene rings is 1. The summed E-state index contributed by atoms with van der Waals surface area (Å²) in [4.78, 5) is 20.3. The second kappa shape index (κ2) is 8.74. The second-order valence-electron chi connectivity index (χ2n) is 5.86. The molecule has 9 heteroatoms. The number of amides is 1. The lowest BCUT2D eigenvalue weighted by Gasteiger charge is -2.10. The van der Waals surface area contributed by atoms with Crippen molar-refractivity contribution in [3.8, 4) is 11.3 Å². The molecule has 146 valence electrons. The average molecular weight is 423 g/mol.